The van der Waals surface area contributed by atoms with Crippen molar-refractivity contribution < 1.29 is 8.91 Å². The third-order valence-corrected chi connectivity index (χ3v) is 6.82. The van der Waals surface area contributed by atoms with Crippen molar-refractivity contribution in [1.82, 2.24) is 20.4 Å². The first-order valence-electron chi connectivity index (χ1n) is 12.0. The van der Waals surface area contributed by atoms with E-state index in [1.54, 1.807) is 6.07 Å². The second kappa shape index (κ2) is 10.0. The molecule has 1 aromatic heterocycles. The Morgan fingerprint density at radius 1 is 1.00 bits per heavy atom. The number of nitrogens with zero attached hydrogens (tertiary/aromatic N) is 3. The largest absolute Gasteiger partial charge is 0.351 e. The number of allylic oxidation sites excluding steroid dienone is 1. The van der Waals surface area contributed by atoms with Crippen LogP contribution in [0.25, 0.3) is 17.0 Å². The van der Waals surface area contributed by atoms with E-state index in [2.05, 4.69) is 41.7 Å². The lowest BCUT2D eigenvalue weighted by Gasteiger charge is -2.37. The van der Waals surface area contributed by atoms with Gasteiger partial charge in [0.1, 0.15) is 5.82 Å². The summed E-state index contributed by atoms with van der Waals surface area (Å²) in [6.45, 7) is 6.74. The Morgan fingerprint density at radius 2 is 1.75 bits per heavy atom. The number of hydrogen-bond acceptors (Lipinski definition) is 4. The van der Waals surface area contributed by atoms with Crippen LogP contribution in [0.2, 0.25) is 0 Å². The van der Waals surface area contributed by atoms with Crippen LogP contribution in [0.15, 0.2) is 83.0 Å². The molecular formula is C29H27FN4OS. The van der Waals surface area contributed by atoms with Crippen LogP contribution in [0.3, 0.4) is 0 Å². The Bertz CT molecular complexity index is 1440. The van der Waals surface area contributed by atoms with Crippen LogP contribution in [0, 0.1) is 12.7 Å². The molecule has 1 aliphatic rings. The lowest BCUT2D eigenvalue weighted by molar-refractivity contribution is 0.396. The minimum absolute atomic E-state index is 0.318. The van der Waals surface area contributed by atoms with E-state index < -0.39 is 6.04 Å². The Morgan fingerprint density at radius 3 is 2.47 bits per heavy atom. The molecule has 1 aliphatic heterocycles. The summed E-state index contributed by atoms with van der Waals surface area (Å²) in [6.07, 6.45) is 0.989. The lowest BCUT2D eigenvalue weighted by atomic mass is 9.94. The molecule has 0 saturated heterocycles. The van der Waals surface area contributed by atoms with Crippen LogP contribution in [-0.4, -0.2) is 20.2 Å². The number of benzene rings is 3. The molecule has 1 unspecified atom stereocenters. The average molecular weight is 499 g/mol. The standard InChI is InChI=1S/C29H27FN4OS/c1-4-20-11-13-21(14-12-20)17-34-19(3)25(26(31-29(34)36)22-8-6-10-24(30)16-22)28-32-27(33-35-28)23-9-5-7-18(2)15-23/h5-16,26H,4,17H2,1-3H3,(H,31,36). The zero-order chi connectivity index (χ0) is 25.2. The summed E-state index contributed by atoms with van der Waals surface area (Å²) < 4.78 is 20.0. The van der Waals surface area contributed by atoms with Gasteiger partial charge in [-0.1, -0.05) is 72.2 Å². The molecule has 3 aromatic carbocycles. The molecule has 0 spiro atoms. The Labute approximate surface area is 215 Å². The quantitative estimate of drug-likeness (QED) is 0.302. The lowest BCUT2D eigenvalue weighted by Crippen LogP contribution is -2.45. The monoisotopic (exact) mass is 498 g/mol. The van der Waals surface area contributed by atoms with Gasteiger partial charge in [0, 0.05) is 17.8 Å². The number of thiocarbonyl (C=S) groups is 1. The van der Waals surface area contributed by atoms with E-state index in [-0.39, 0.29) is 5.82 Å². The van der Waals surface area contributed by atoms with Gasteiger partial charge in [-0.15, -0.1) is 0 Å². The number of nitrogens with one attached hydrogen (secondary N) is 1. The van der Waals surface area contributed by atoms with Crippen molar-refractivity contribution in [3.05, 3.63) is 112 Å². The van der Waals surface area contributed by atoms with Gasteiger partial charge in [0.25, 0.3) is 5.89 Å². The highest BCUT2D eigenvalue weighted by atomic mass is 32.1. The Kier molecular flexibility index (Phi) is 6.65. The van der Waals surface area contributed by atoms with Crippen LogP contribution in [0.5, 0.6) is 0 Å². The third-order valence-electron chi connectivity index (χ3n) is 6.48. The van der Waals surface area contributed by atoms with Crippen LogP contribution in [0.1, 0.15) is 48.0 Å². The molecular weight excluding hydrogens is 471 g/mol. The average Bonchev–Trinajstić information content (AvgIpc) is 3.36. The van der Waals surface area contributed by atoms with Crippen LogP contribution in [0.4, 0.5) is 4.39 Å². The topological polar surface area (TPSA) is 54.2 Å². The molecule has 0 fully saturated rings. The molecule has 0 saturated carbocycles. The zero-order valence-electron chi connectivity index (χ0n) is 20.5. The highest BCUT2D eigenvalue weighted by Crippen LogP contribution is 2.38. The number of rotatable bonds is 6. The number of hydrogen-bond donors (Lipinski definition) is 1. The number of halogens is 1. The van der Waals surface area contributed by atoms with Gasteiger partial charge in [0.2, 0.25) is 5.82 Å². The maximum atomic E-state index is 14.2. The summed E-state index contributed by atoms with van der Waals surface area (Å²) in [5.74, 6) is 0.558. The molecule has 0 aliphatic carbocycles. The molecule has 2 heterocycles. The zero-order valence-corrected chi connectivity index (χ0v) is 21.3. The summed E-state index contributed by atoms with van der Waals surface area (Å²) >= 11 is 5.78. The predicted molar refractivity (Wildman–Crippen MR) is 143 cm³/mol. The van der Waals surface area contributed by atoms with E-state index >= 15 is 0 Å². The van der Waals surface area contributed by atoms with Gasteiger partial charge in [-0.3, -0.25) is 0 Å². The summed E-state index contributed by atoms with van der Waals surface area (Å²) in [5.41, 5.74) is 6.78. The van der Waals surface area contributed by atoms with Crippen molar-refractivity contribution in [2.45, 2.75) is 39.8 Å². The number of aromatic nitrogens is 2. The Hall–Kier alpha value is -3.84. The number of aryl methyl sites for hydroxylation is 2. The fraction of sp³-hybridized carbons (Fsp3) is 0.207. The van der Waals surface area contributed by atoms with E-state index in [0.29, 0.717) is 23.4 Å². The summed E-state index contributed by atoms with van der Waals surface area (Å²) in [6, 6.07) is 22.5. The summed E-state index contributed by atoms with van der Waals surface area (Å²) in [7, 11) is 0. The van der Waals surface area contributed by atoms with Gasteiger partial charge in [-0.05, 0) is 67.4 Å². The molecule has 1 N–H and O–H groups in total. The van der Waals surface area contributed by atoms with E-state index in [1.165, 1.54) is 17.7 Å². The van der Waals surface area contributed by atoms with E-state index in [1.807, 2.05) is 49.1 Å². The first kappa shape index (κ1) is 23.9. The first-order chi connectivity index (χ1) is 17.4. The van der Waals surface area contributed by atoms with Gasteiger partial charge >= 0.3 is 0 Å². The van der Waals surface area contributed by atoms with Crippen molar-refractivity contribution in [2.75, 3.05) is 0 Å². The Balaban J connectivity index is 1.58. The van der Waals surface area contributed by atoms with Crippen molar-refractivity contribution in [3.63, 3.8) is 0 Å². The maximum absolute atomic E-state index is 14.2. The van der Waals surface area contributed by atoms with Crippen LogP contribution < -0.4 is 5.32 Å². The minimum Gasteiger partial charge on any atom is -0.351 e. The van der Waals surface area contributed by atoms with Crippen molar-refractivity contribution in [2.24, 2.45) is 0 Å². The maximum Gasteiger partial charge on any atom is 0.258 e. The molecule has 7 heteroatoms. The van der Waals surface area contributed by atoms with Crippen molar-refractivity contribution in [3.8, 4) is 11.4 Å². The molecule has 1 atom stereocenters. The van der Waals surface area contributed by atoms with Gasteiger partial charge in [0.15, 0.2) is 5.11 Å². The molecule has 0 radical (unpaired) electrons. The highest BCUT2D eigenvalue weighted by Gasteiger charge is 2.34. The first-order valence-corrected chi connectivity index (χ1v) is 12.4. The molecule has 4 aromatic rings. The van der Waals surface area contributed by atoms with Gasteiger partial charge in [0.05, 0.1) is 11.6 Å². The fourth-order valence-corrected chi connectivity index (χ4v) is 4.80. The van der Waals surface area contributed by atoms with Gasteiger partial charge < -0.3 is 14.7 Å². The third kappa shape index (κ3) is 4.79. The SMILES string of the molecule is CCc1ccc(CN2C(=S)NC(c3cccc(F)c3)C(c3nc(-c4cccc(C)c4)no3)=C2C)cc1. The van der Waals surface area contributed by atoms with Crippen molar-refractivity contribution >= 4 is 22.9 Å². The second-order valence-electron chi connectivity index (χ2n) is 8.99. The second-order valence-corrected chi connectivity index (χ2v) is 9.37. The normalized spacial score (nSPS) is 15.8. The molecule has 5 nitrogen and oxygen atoms in total. The highest BCUT2D eigenvalue weighted by molar-refractivity contribution is 7.80. The summed E-state index contributed by atoms with van der Waals surface area (Å²) in [4.78, 5) is 6.77. The smallest absolute Gasteiger partial charge is 0.258 e. The minimum atomic E-state index is -0.433. The van der Waals surface area contributed by atoms with Crippen LogP contribution >= 0.6 is 12.2 Å². The van der Waals surface area contributed by atoms with Gasteiger partial charge in [-0.2, -0.15) is 4.98 Å². The fourth-order valence-electron chi connectivity index (χ4n) is 4.48. The predicted octanol–water partition coefficient (Wildman–Crippen LogP) is 6.61. The molecule has 36 heavy (non-hydrogen) atoms. The van der Waals surface area contributed by atoms with E-state index in [9.17, 15) is 4.39 Å². The summed E-state index contributed by atoms with van der Waals surface area (Å²) in [5, 5.41) is 8.21. The molecule has 5 rings (SSSR count). The molecule has 182 valence electrons. The van der Waals surface area contributed by atoms with Crippen LogP contribution in [-0.2, 0) is 13.0 Å². The van der Waals surface area contributed by atoms with Gasteiger partial charge in [-0.25, -0.2) is 4.39 Å². The molecule has 0 amide bonds. The van der Waals surface area contributed by atoms with E-state index in [4.69, 9.17) is 21.7 Å². The van der Waals surface area contributed by atoms with Crippen molar-refractivity contribution in [1.29, 1.82) is 0 Å². The molecule has 0 bridgehead atoms. The van der Waals surface area contributed by atoms with E-state index in [0.717, 1.165) is 39.9 Å².